The van der Waals surface area contributed by atoms with Gasteiger partial charge in [-0.1, -0.05) is 56.5 Å². The predicted octanol–water partition coefficient (Wildman–Crippen LogP) is 6.70. The Kier molecular flexibility index (Phi) is 7.42. The predicted molar refractivity (Wildman–Crippen MR) is 146 cm³/mol. The first kappa shape index (κ1) is 24.2. The molecule has 0 aliphatic heterocycles. The lowest BCUT2D eigenvalue weighted by Crippen LogP contribution is -2.47. The summed E-state index contributed by atoms with van der Waals surface area (Å²) >= 11 is 1.39. The Labute approximate surface area is 216 Å². The van der Waals surface area contributed by atoms with Crippen molar-refractivity contribution in [2.24, 2.45) is 0 Å². The van der Waals surface area contributed by atoms with Crippen LogP contribution in [0.2, 0.25) is 0 Å². The number of hydrogen-bond donors (Lipinski definition) is 1. The SMILES string of the molecule is CCc1ccc(N(C(=O)c2cccs2)[C@H](C(=O)NC2CCCCC2)c2ccc3ncccc3c2)cc1. The molecule has 1 aliphatic rings. The van der Waals surface area contributed by atoms with E-state index in [4.69, 9.17) is 0 Å². The van der Waals surface area contributed by atoms with E-state index in [9.17, 15) is 9.59 Å². The number of amides is 2. The van der Waals surface area contributed by atoms with Crippen LogP contribution >= 0.6 is 11.3 Å². The second-order valence-electron chi connectivity index (χ2n) is 9.37. The molecule has 1 aliphatic carbocycles. The van der Waals surface area contributed by atoms with Gasteiger partial charge in [0.25, 0.3) is 5.91 Å². The Hall–Kier alpha value is -3.51. The molecule has 2 heterocycles. The highest BCUT2D eigenvalue weighted by molar-refractivity contribution is 7.12. The van der Waals surface area contributed by atoms with Gasteiger partial charge >= 0.3 is 0 Å². The summed E-state index contributed by atoms with van der Waals surface area (Å²) in [5.74, 6) is -0.320. The van der Waals surface area contributed by atoms with E-state index in [0.717, 1.165) is 48.6 Å². The van der Waals surface area contributed by atoms with Crippen LogP contribution in [0.5, 0.6) is 0 Å². The van der Waals surface area contributed by atoms with Gasteiger partial charge in [0.05, 0.1) is 10.4 Å². The lowest BCUT2D eigenvalue weighted by atomic mass is 9.94. The fourth-order valence-electron chi connectivity index (χ4n) is 5.00. The zero-order valence-corrected chi connectivity index (χ0v) is 21.3. The quantitative estimate of drug-likeness (QED) is 0.309. The van der Waals surface area contributed by atoms with E-state index in [1.54, 1.807) is 11.1 Å². The summed E-state index contributed by atoms with van der Waals surface area (Å²) in [5, 5.41) is 6.13. The summed E-state index contributed by atoms with van der Waals surface area (Å²) in [6.45, 7) is 2.10. The van der Waals surface area contributed by atoms with Crippen LogP contribution in [0.15, 0.2) is 78.3 Å². The van der Waals surface area contributed by atoms with Crippen LogP contribution < -0.4 is 10.2 Å². The molecule has 0 radical (unpaired) electrons. The van der Waals surface area contributed by atoms with Crippen molar-refractivity contribution < 1.29 is 9.59 Å². The minimum absolute atomic E-state index is 0.136. The second-order valence-corrected chi connectivity index (χ2v) is 10.3. The number of rotatable bonds is 7. The van der Waals surface area contributed by atoms with Crippen molar-refractivity contribution in [1.29, 1.82) is 0 Å². The number of anilines is 1. The molecule has 0 unspecified atom stereocenters. The molecule has 0 bridgehead atoms. The molecule has 6 heteroatoms. The van der Waals surface area contributed by atoms with Crippen molar-refractivity contribution in [2.45, 2.75) is 57.5 Å². The molecule has 0 spiro atoms. The lowest BCUT2D eigenvalue weighted by Gasteiger charge is -2.33. The van der Waals surface area contributed by atoms with E-state index >= 15 is 0 Å². The van der Waals surface area contributed by atoms with Crippen LogP contribution in [0.4, 0.5) is 5.69 Å². The van der Waals surface area contributed by atoms with Crippen molar-refractivity contribution in [3.05, 3.63) is 94.3 Å². The second kappa shape index (κ2) is 11.0. The van der Waals surface area contributed by atoms with Crippen LogP contribution in [0.25, 0.3) is 10.9 Å². The Morgan fingerprint density at radius 1 is 1.03 bits per heavy atom. The number of nitrogens with zero attached hydrogens (tertiary/aromatic N) is 2. The van der Waals surface area contributed by atoms with Gasteiger partial charge in [0.2, 0.25) is 5.91 Å². The molecule has 5 nitrogen and oxygen atoms in total. The molecule has 0 saturated heterocycles. The number of fused-ring (bicyclic) bond motifs is 1. The van der Waals surface area contributed by atoms with Gasteiger partial charge in [-0.25, -0.2) is 0 Å². The topological polar surface area (TPSA) is 62.3 Å². The lowest BCUT2D eigenvalue weighted by molar-refractivity contribution is -0.123. The van der Waals surface area contributed by atoms with Crippen molar-refractivity contribution in [3.63, 3.8) is 0 Å². The fourth-order valence-corrected chi connectivity index (χ4v) is 5.66. The Morgan fingerprint density at radius 3 is 2.56 bits per heavy atom. The number of aromatic nitrogens is 1. The first-order chi connectivity index (χ1) is 17.6. The summed E-state index contributed by atoms with van der Waals surface area (Å²) in [7, 11) is 0. The first-order valence-electron chi connectivity index (χ1n) is 12.7. The molecule has 5 rings (SSSR count). The third-order valence-electron chi connectivity index (χ3n) is 6.97. The number of thiophene rings is 1. The zero-order valence-electron chi connectivity index (χ0n) is 20.5. The highest BCUT2D eigenvalue weighted by atomic mass is 32.1. The maximum atomic E-state index is 14.0. The maximum Gasteiger partial charge on any atom is 0.269 e. The molecule has 1 fully saturated rings. The van der Waals surface area contributed by atoms with Gasteiger partial charge < -0.3 is 5.32 Å². The van der Waals surface area contributed by atoms with E-state index in [1.165, 1.54) is 23.3 Å². The van der Waals surface area contributed by atoms with Crippen molar-refractivity contribution in [1.82, 2.24) is 10.3 Å². The number of aryl methyl sites for hydroxylation is 1. The molecular formula is C30H31N3O2S. The van der Waals surface area contributed by atoms with Crippen LogP contribution in [-0.2, 0) is 11.2 Å². The highest BCUT2D eigenvalue weighted by Gasteiger charge is 2.35. The number of carbonyl (C=O) groups is 2. The molecule has 2 aromatic heterocycles. The molecule has 1 N–H and O–H groups in total. The van der Waals surface area contributed by atoms with Crippen molar-refractivity contribution in [2.75, 3.05) is 4.90 Å². The summed E-state index contributed by atoms with van der Waals surface area (Å²) in [6, 6.07) is 20.7. The first-order valence-corrected chi connectivity index (χ1v) is 13.6. The standard InChI is InChI=1S/C30H31N3O2S/c1-2-21-12-15-25(16-13-21)33(30(35)27-11-7-19-36-27)28(29(34)32-24-9-4-3-5-10-24)23-14-17-26-22(20-23)8-6-18-31-26/h6-8,11-20,24,28H,2-5,9-10H2,1H3,(H,32,34)/t28-/m0/s1. The van der Waals surface area contributed by atoms with E-state index in [2.05, 4.69) is 17.2 Å². The third kappa shape index (κ3) is 5.19. The largest absolute Gasteiger partial charge is 0.351 e. The average molecular weight is 498 g/mol. The zero-order chi connectivity index (χ0) is 24.9. The van der Waals surface area contributed by atoms with E-state index in [-0.39, 0.29) is 17.9 Å². The van der Waals surface area contributed by atoms with Crippen LogP contribution in [0, 0.1) is 0 Å². The van der Waals surface area contributed by atoms with Crippen LogP contribution in [0.1, 0.15) is 65.9 Å². The highest BCUT2D eigenvalue weighted by Crippen LogP contribution is 2.33. The number of pyridine rings is 1. The number of benzene rings is 2. The molecule has 2 aromatic carbocycles. The molecule has 2 amide bonds. The van der Waals surface area contributed by atoms with Gasteiger partial charge in [0, 0.05) is 23.3 Å². The summed E-state index contributed by atoms with van der Waals surface area (Å²) < 4.78 is 0. The molecule has 1 saturated carbocycles. The summed E-state index contributed by atoms with van der Waals surface area (Å²) in [6.07, 6.45) is 8.06. The molecular weight excluding hydrogens is 466 g/mol. The van der Waals surface area contributed by atoms with Gasteiger partial charge in [-0.2, -0.15) is 0 Å². The van der Waals surface area contributed by atoms with Gasteiger partial charge in [0.1, 0.15) is 6.04 Å². The molecule has 4 aromatic rings. The van der Waals surface area contributed by atoms with Crippen LogP contribution in [0.3, 0.4) is 0 Å². The number of hydrogen-bond acceptors (Lipinski definition) is 4. The molecule has 184 valence electrons. The Morgan fingerprint density at radius 2 is 1.83 bits per heavy atom. The summed E-state index contributed by atoms with van der Waals surface area (Å²) in [5.41, 5.74) is 3.52. The molecule has 36 heavy (non-hydrogen) atoms. The third-order valence-corrected chi connectivity index (χ3v) is 7.83. The van der Waals surface area contributed by atoms with Crippen LogP contribution in [-0.4, -0.2) is 22.8 Å². The van der Waals surface area contributed by atoms with E-state index < -0.39 is 6.04 Å². The van der Waals surface area contributed by atoms with E-state index in [1.807, 2.05) is 72.1 Å². The maximum absolute atomic E-state index is 14.0. The van der Waals surface area contributed by atoms with Gasteiger partial charge in [-0.05, 0) is 72.2 Å². The van der Waals surface area contributed by atoms with Gasteiger partial charge in [-0.3, -0.25) is 19.5 Å². The Balaban J connectivity index is 1.62. The van der Waals surface area contributed by atoms with Crippen molar-refractivity contribution in [3.8, 4) is 0 Å². The average Bonchev–Trinajstić information content (AvgIpc) is 3.47. The number of carbonyl (C=O) groups excluding carboxylic acids is 2. The Bertz CT molecular complexity index is 1330. The minimum atomic E-state index is -0.807. The minimum Gasteiger partial charge on any atom is -0.351 e. The van der Waals surface area contributed by atoms with E-state index in [0.29, 0.717) is 10.6 Å². The normalized spacial score (nSPS) is 14.9. The number of nitrogens with one attached hydrogen (secondary N) is 1. The monoisotopic (exact) mass is 497 g/mol. The molecule has 1 atom stereocenters. The smallest absolute Gasteiger partial charge is 0.269 e. The van der Waals surface area contributed by atoms with Gasteiger partial charge in [0.15, 0.2) is 0 Å². The summed E-state index contributed by atoms with van der Waals surface area (Å²) in [4.78, 5) is 34.7. The van der Waals surface area contributed by atoms with Crippen molar-refractivity contribution >= 4 is 39.7 Å². The van der Waals surface area contributed by atoms with Gasteiger partial charge in [-0.15, -0.1) is 11.3 Å². The fraction of sp³-hybridized carbons (Fsp3) is 0.300.